The van der Waals surface area contributed by atoms with Crippen LogP contribution < -0.4 is 5.32 Å². The van der Waals surface area contributed by atoms with Crippen LogP contribution in [0.2, 0.25) is 5.02 Å². The number of benzene rings is 2. The standard InChI is InChI=1S/C18H17ClN2/c19-16-5-3-14(4-6-16)15-11-18(12-15)21-17-7-1-13(2-8-17)9-10-20/h1-8,15,18,21H,9,11-12H2. The molecule has 2 aromatic carbocycles. The van der Waals surface area contributed by atoms with Crippen LogP contribution in [0.3, 0.4) is 0 Å². The number of hydrogen-bond acceptors (Lipinski definition) is 2. The lowest BCUT2D eigenvalue weighted by atomic mass is 9.76. The molecule has 1 aliphatic rings. The average Bonchev–Trinajstić information content (AvgIpc) is 2.46. The molecule has 2 nitrogen and oxygen atoms in total. The summed E-state index contributed by atoms with van der Waals surface area (Å²) in [5, 5.41) is 13.0. The Labute approximate surface area is 130 Å². The van der Waals surface area contributed by atoms with E-state index in [0.717, 1.165) is 29.1 Å². The monoisotopic (exact) mass is 296 g/mol. The fraction of sp³-hybridized carbons (Fsp3) is 0.278. The van der Waals surface area contributed by atoms with Gasteiger partial charge in [-0.05, 0) is 54.2 Å². The molecule has 0 unspecified atom stereocenters. The van der Waals surface area contributed by atoms with Gasteiger partial charge in [-0.2, -0.15) is 5.26 Å². The van der Waals surface area contributed by atoms with E-state index in [1.54, 1.807) is 0 Å². The lowest BCUT2D eigenvalue weighted by molar-refractivity contribution is 0.374. The maximum atomic E-state index is 8.66. The third-order valence-corrected chi connectivity index (χ3v) is 4.34. The molecule has 1 aliphatic carbocycles. The van der Waals surface area contributed by atoms with Crippen molar-refractivity contribution in [2.45, 2.75) is 31.2 Å². The van der Waals surface area contributed by atoms with Crippen LogP contribution in [0, 0.1) is 11.3 Å². The number of halogens is 1. The van der Waals surface area contributed by atoms with Crippen LogP contribution in [0.1, 0.15) is 29.9 Å². The fourth-order valence-electron chi connectivity index (χ4n) is 2.79. The summed E-state index contributed by atoms with van der Waals surface area (Å²) in [5.74, 6) is 0.637. The van der Waals surface area contributed by atoms with Crippen molar-refractivity contribution in [1.29, 1.82) is 5.26 Å². The van der Waals surface area contributed by atoms with Crippen LogP contribution in [0.15, 0.2) is 48.5 Å². The van der Waals surface area contributed by atoms with E-state index in [4.69, 9.17) is 16.9 Å². The van der Waals surface area contributed by atoms with Crippen molar-refractivity contribution in [3.05, 3.63) is 64.7 Å². The Hall–Kier alpha value is -1.98. The highest BCUT2D eigenvalue weighted by Gasteiger charge is 2.29. The van der Waals surface area contributed by atoms with Crippen LogP contribution in [0.25, 0.3) is 0 Å². The summed E-state index contributed by atoms with van der Waals surface area (Å²) >= 11 is 5.92. The molecule has 0 aromatic heterocycles. The Bertz CT molecular complexity index is 634. The lowest BCUT2D eigenvalue weighted by Crippen LogP contribution is -2.33. The fourth-order valence-corrected chi connectivity index (χ4v) is 2.91. The molecule has 0 amide bonds. The lowest BCUT2D eigenvalue weighted by Gasteiger charge is -2.37. The third-order valence-electron chi connectivity index (χ3n) is 4.09. The highest BCUT2D eigenvalue weighted by Crippen LogP contribution is 2.38. The molecule has 1 fully saturated rings. The molecule has 106 valence electrons. The first kappa shape index (κ1) is 14.0. The molecule has 1 N–H and O–H groups in total. The van der Waals surface area contributed by atoms with Gasteiger partial charge in [0.15, 0.2) is 0 Å². The maximum absolute atomic E-state index is 8.66. The maximum Gasteiger partial charge on any atom is 0.0669 e. The number of nitrogens with zero attached hydrogens (tertiary/aromatic N) is 1. The van der Waals surface area contributed by atoms with E-state index in [0.29, 0.717) is 18.4 Å². The van der Waals surface area contributed by atoms with Gasteiger partial charge in [0.1, 0.15) is 0 Å². The number of rotatable bonds is 4. The summed E-state index contributed by atoms with van der Waals surface area (Å²) in [4.78, 5) is 0. The smallest absolute Gasteiger partial charge is 0.0669 e. The molecule has 0 saturated heterocycles. The van der Waals surface area contributed by atoms with Crippen molar-refractivity contribution in [1.82, 2.24) is 0 Å². The zero-order chi connectivity index (χ0) is 14.7. The molecule has 2 aromatic rings. The Kier molecular flexibility index (Phi) is 4.13. The largest absolute Gasteiger partial charge is 0.382 e. The minimum absolute atomic E-state index is 0.475. The zero-order valence-electron chi connectivity index (χ0n) is 11.7. The van der Waals surface area contributed by atoms with E-state index in [2.05, 4.69) is 35.7 Å². The van der Waals surface area contributed by atoms with Crippen molar-refractivity contribution in [3.63, 3.8) is 0 Å². The van der Waals surface area contributed by atoms with Gasteiger partial charge in [-0.1, -0.05) is 35.9 Å². The second-order valence-corrected chi connectivity index (χ2v) is 6.03. The molecule has 21 heavy (non-hydrogen) atoms. The van der Waals surface area contributed by atoms with E-state index < -0.39 is 0 Å². The number of nitrogens with one attached hydrogen (secondary N) is 1. The Morgan fingerprint density at radius 1 is 1.05 bits per heavy atom. The number of anilines is 1. The first-order chi connectivity index (χ1) is 10.2. The van der Waals surface area contributed by atoms with Crippen molar-refractivity contribution < 1.29 is 0 Å². The molecule has 3 heteroatoms. The molecular formula is C18H17ClN2. The second-order valence-electron chi connectivity index (χ2n) is 5.59. The van der Waals surface area contributed by atoms with Crippen LogP contribution in [0.5, 0.6) is 0 Å². The minimum Gasteiger partial charge on any atom is -0.382 e. The van der Waals surface area contributed by atoms with E-state index in [1.807, 2.05) is 24.3 Å². The van der Waals surface area contributed by atoms with Gasteiger partial charge in [0.2, 0.25) is 0 Å². The molecule has 0 heterocycles. The normalized spacial score (nSPS) is 20.4. The molecule has 1 saturated carbocycles. The molecule has 3 rings (SSSR count). The van der Waals surface area contributed by atoms with Crippen molar-refractivity contribution in [2.24, 2.45) is 0 Å². The van der Waals surface area contributed by atoms with Gasteiger partial charge in [0.05, 0.1) is 12.5 Å². The van der Waals surface area contributed by atoms with Gasteiger partial charge in [-0.3, -0.25) is 0 Å². The molecule has 0 radical (unpaired) electrons. The predicted octanol–water partition coefficient (Wildman–Crippen LogP) is 4.76. The minimum atomic E-state index is 0.475. The van der Waals surface area contributed by atoms with Crippen LogP contribution in [-0.2, 0) is 6.42 Å². The van der Waals surface area contributed by atoms with E-state index >= 15 is 0 Å². The van der Waals surface area contributed by atoms with Crippen molar-refractivity contribution >= 4 is 17.3 Å². The molecule has 0 spiro atoms. The third kappa shape index (κ3) is 3.37. The summed E-state index contributed by atoms with van der Waals surface area (Å²) in [6, 6.07) is 19.0. The molecule has 0 bridgehead atoms. The van der Waals surface area contributed by atoms with Crippen molar-refractivity contribution in [3.8, 4) is 6.07 Å². The summed E-state index contributed by atoms with van der Waals surface area (Å²) in [7, 11) is 0. The molecule has 0 aliphatic heterocycles. The SMILES string of the molecule is N#CCc1ccc(NC2CC(c3ccc(Cl)cc3)C2)cc1. The van der Waals surface area contributed by atoms with Gasteiger partial charge in [0.25, 0.3) is 0 Å². The number of nitriles is 1. The van der Waals surface area contributed by atoms with Gasteiger partial charge in [-0.15, -0.1) is 0 Å². The first-order valence-electron chi connectivity index (χ1n) is 7.22. The second kappa shape index (κ2) is 6.20. The highest BCUT2D eigenvalue weighted by atomic mass is 35.5. The summed E-state index contributed by atoms with van der Waals surface area (Å²) in [5.41, 5.74) is 3.58. The predicted molar refractivity (Wildman–Crippen MR) is 86.6 cm³/mol. The summed E-state index contributed by atoms with van der Waals surface area (Å²) in [6.07, 6.45) is 2.78. The Balaban J connectivity index is 1.52. The van der Waals surface area contributed by atoms with Gasteiger partial charge < -0.3 is 5.32 Å². The van der Waals surface area contributed by atoms with E-state index in [9.17, 15) is 0 Å². The molecule has 0 atom stereocenters. The van der Waals surface area contributed by atoms with E-state index in [1.165, 1.54) is 5.56 Å². The topological polar surface area (TPSA) is 35.8 Å². The quantitative estimate of drug-likeness (QED) is 0.882. The summed E-state index contributed by atoms with van der Waals surface area (Å²) in [6.45, 7) is 0. The highest BCUT2D eigenvalue weighted by molar-refractivity contribution is 6.30. The van der Waals surface area contributed by atoms with Crippen LogP contribution in [0.4, 0.5) is 5.69 Å². The first-order valence-corrected chi connectivity index (χ1v) is 7.60. The molecular weight excluding hydrogens is 280 g/mol. The van der Waals surface area contributed by atoms with Gasteiger partial charge >= 0.3 is 0 Å². The van der Waals surface area contributed by atoms with Crippen molar-refractivity contribution in [2.75, 3.05) is 5.32 Å². The number of hydrogen-bond donors (Lipinski definition) is 1. The van der Waals surface area contributed by atoms with Gasteiger partial charge in [0, 0.05) is 16.8 Å². The van der Waals surface area contributed by atoms with Crippen LogP contribution >= 0.6 is 11.6 Å². The van der Waals surface area contributed by atoms with E-state index in [-0.39, 0.29) is 0 Å². The summed E-state index contributed by atoms with van der Waals surface area (Å²) < 4.78 is 0. The van der Waals surface area contributed by atoms with Gasteiger partial charge in [-0.25, -0.2) is 0 Å². The van der Waals surface area contributed by atoms with Crippen LogP contribution in [-0.4, -0.2) is 6.04 Å². The Morgan fingerprint density at radius 2 is 1.71 bits per heavy atom. The average molecular weight is 297 g/mol. The Morgan fingerprint density at radius 3 is 2.33 bits per heavy atom. The zero-order valence-corrected chi connectivity index (χ0v) is 12.5.